The molecule has 2 amide bonds. The molecule has 5 heterocycles. The van der Waals surface area contributed by atoms with Gasteiger partial charge < -0.3 is 20.9 Å². The number of carbonyl (C=O) groups excluding carboxylic acids is 2. The largest absolute Gasteiger partial charge is 0.370 e. The van der Waals surface area contributed by atoms with Crippen LogP contribution in [0.1, 0.15) is 36.2 Å². The Hall–Kier alpha value is -3.07. The number of amides is 2. The van der Waals surface area contributed by atoms with Gasteiger partial charge in [-0.15, -0.1) is 15.3 Å². The molecule has 3 N–H and O–H groups in total. The predicted molar refractivity (Wildman–Crippen MR) is 147 cm³/mol. The van der Waals surface area contributed by atoms with Crippen LogP contribution in [0.3, 0.4) is 0 Å². The molecule has 3 fully saturated rings. The maximum atomic E-state index is 12.4. The van der Waals surface area contributed by atoms with Crippen molar-refractivity contribution in [2.45, 2.75) is 25.7 Å². The van der Waals surface area contributed by atoms with E-state index in [1.54, 1.807) is 10.6 Å². The molecule has 1 saturated carbocycles. The van der Waals surface area contributed by atoms with Crippen molar-refractivity contribution < 1.29 is 9.59 Å². The predicted octanol–water partition coefficient (Wildman–Crippen LogP) is 2.47. The minimum atomic E-state index is -0.405. The maximum absolute atomic E-state index is 12.4. The van der Waals surface area contributed by atoms with Gasteiger partial charge in [0.15, 0.2) is 17.2 Å². The van der Waals surface area contributed by atoms with E-state index in [0.717, 1.165) is 43.5 Å². The van der Waals surface area contributed by atoms with Gasteiger partial charge in [-0.3, -0.25) is 9.59 Å². The minimum Gasteiger partial charge on any atom is -0.370 e. The van der Waals surface area contributed by atoms with Crippen molar-refractivity contribution in [2.75, 3.05) is 48.8 Å². The van der Waals surface area contributed by atoms with Crippen LogP contribution in [0.4, 0.5) is 23.1 Å². The molecule has 3 aliphatic rings. The molecule has 2 saturated heterocycles. The Morgan fingerprint density at radius 1 is 1.05 bits per heavy atom. The lowest BCUT2D eigenvalue weighted by Gasteiger charge is -2.43. The van der Waals surface area contributed by atoms with Gasteiger partial charge in [0.2, 0.25) is 11.9 Å². The van der Waals surface area contributed by atoms with Crippen LogP contribution in [0.5, 0.6) is 0 Å². The molecule has 6 rings (SSSR count). The second-order valence-electron chi connectivity index (χ2n) is 10.00. The number of hydrogen-bond acceptors (Lipinski definition) is 9. The molecule has 0 aromatic carbocycles. The summed E-state index contributed by atoms with van der Waals surface area (Å²) in [5.41, 5.74) is 2.25. The summed E-state index contributed by atoms with van der Waals surface area (Å²) in [6.45, 7) is 4.52. The molecule has 13 heteroatoms. The average Bonchev–Trinajstić information content (AvgIpc) is 3.67. The Labute approximate surface area is 228 Å². The third kappa shape index (κ3) is 5.19. The van der Waals surface area contributed by atoms with Crippen LogP contribution in [-0.2, 0) is 4.79 Å². The second-order valence-corrected chi connectivity index (χ2v) is 11.4. The molecule has 3 aromatic rings. The van der Waals surface area contributed by atoms with Crippen molar-refractivity contribution in [2.24, 2.45) is 17.8 Å². The minimum absolute atomic E-state index is 0.0245. The Morgan fingerprint density at radius 3 is 2.54 bits per heavy atom. The van der Waals surface area contributed by atoms with Crippen LogP contribution in [0.15, 0.2) is 24.4 Å². The van der Waals surface area contributed by atoms with Gasteiger partial charge in [-0.05, 0) is 49.7 Å². The molecule has 37 heavy (non-hydrogen) atoms. The van der Waals surface area contributed by atoms with E-state index in [4.69, 9.17) is 0 Å². The molecule has 3 aromatic heterocycles. The molecular weight excluding hydrogens is 587 g/mol. The summed E-state index contributed by atoms with van der Waals surface area (Å²) in [7, 11) is 1.52. The summed E-state index contributed by atoms with van der Waals surface area (Å²) in [6, 6.07) is 5.61. The van der Waals surface area contributed by atoms with E-state index in [0.29, 0.717) is 17.3 Å². The smallest absolute Gasteiger partial charge is 0.273 e. The van der Waals surface area contributed by atoms with Crippen LogP contribution in [0, 0.1) is 17.8 Å². The summed E-state index contributed by atoms with van der Waals surface area (Å²) in [5, 5.41) is 21.0. The van der Waals surface area contributed by atoms with Gasteiger partial charge in [0.25, 0.3) is 5.91 Å². The number of carbonyl (C=O) groups is 2. The van der Waals surface area contributed by atoms with Gasteiger partial charge >= 0.3 is 0 Å². The van der Waals surface area contributed by atoms with Gasteiger partial charge in [-0.1, -0.05) is 0 Å². The van der Waals surface area contributed by atoms with E-state index in [1.807, 2.05) is 12.3 Å². The number of halogens is 1. The molecule has 1 aliphatic carbocycles. The van der Waals surface area contributed by atoms with Gasteiger partial charge in [-0.2, -0.15) is 4.98 Å². The second kappa shape index (κ2) is 10.0. The normalized spacial score (nSPS) is 19.0. The number of piperidine rings is 1. The number of pyridine rings is 1. The van der Waals surface area contributed by atoms with E-state index in [1.165, 1.54) is 33.0 Å². The van der Waals surface area contributed by atoms with Crippen LogP contribution in [-0.4, -0.2) is 72.9 Å². The first-order valence-corrected chi connectivity index (χ1v) is 13.6. The number of aromatic nitrogens is 5. The first-order valence-electron chi connectivity index (χ1n) is 12.7. The van der Waals surface area contributed by atoms with Crippen molar-refractivity contribution in [1.82, 2.24) is 33.2 Å². The van der Waals surface area contributed by atoms with Crippen molar-refractivity contribution in [3.05, 3.63) is 30.1 Å². The van der Waals surface area contributed by atoms with Crippen molar-refractivity contribution in [1.29, 1.82) is 0 Å². The fourth-order valence-corrected chi connectivity index (χ4v) is 6.04. The summed E-state index contributed by atoms with van der Waals surface area (Å²) in [5.74, 6) is 1.78. The van der Waals surface area contributed by atoms with Gasteiger partial charge in [0.1, 0.15) is 0 Å². The van der Waals surface area contributed by atoms with Crippen molar-refractivity contribution in [3.8, 4) is 0 Å². The summed E-state index contributed by atoms with van der Waals surface area (Å²) in [4.78, 5) is 31.5. The van der Waals surface area contributed by atoms with E-state index < -0.39 is 5.91 Å². The fraction of sp³-hybridized carbons (Fsp3) is 0.500. The summed E-state index contributed by atoms with van der Waals surface area (Å²) < 4.78 is 4.11. The quantitative estimate of drug-likeness (QED) is 0.271. The first-order chi connectivity index (χ1) is 18.0. The van der Waals surface area contributed by atoms with Crippen molar-refractivity contribution in [3.63, 3.8) is 0 Å². The highest BCUT2D eigenvalue weighted by Crippen LogP contribution is 2.35. The van der Waals surface area contributed by atoms with Crippen LogP contribution >= 0.6 is 22.9 Å². The highest BCUT2D eigenvalue weighted by Gasteiger charge is 2.34. The molecule has 12 nitrogen and oxygen atoms in total. The summed E-state index contributed by atoms with van der Waals surface area (Å²) >= 11 is 2.41. The molecule has 0 atom stereocenters. The number of anilines is 4. The highest BCUT2D eigenvalue weighted by molar-refractivity contribution is 14.1. The number of hydrogen-bond donors (Lipinski definition) is 3. The van der Waals surface area contributed by atoms with Crippen molar-refractivity contribution >= 4 is 63.5 Å². The van der Waals surface area contributed by atoms with E-state index in [-0.39, 0.29) is 23.3 Å². The third-order valence-corrected chi connectivity index (χ3v) is 8.22. The van der Waals surface area contributed by atoms with Gasteiger partial charge in [-0.25, -0.2) is 7.63 Å². The van der Waals surface area contributed by atoms with Gasteiger partial charge in [0.05, 0.1) is 17.6 Å². The monoisotopic (exact) mass is 616 g/mol. The molecular formula is C24H29IN10O2. The molecule has 0 radical (unpaired) electrons. The van der Waals surface area contributed by atoms with Gasteiger partial charge in [0, 0.05) is 68.1 Å². The first kappa shape index (κ1) is 24.3. The van der Waals surface area contributed by atoms with E-state index in [9.17, 15) is 9.59 Å². The van der Waals surface area contributed by atoms with Crippen LogP contribution in [0.2, 0.25) is 0 Å². The van der Waals surface area contributed by atoms with E-state index in [2.05, 4.69) is 73.2 Å². The zero-order valence-electron chi connectivity index (χ0n) is 20.5. The lowest BCUT2D eigenvalue weighted by atomic mass is 9.81. The standard InChI is InChI=1S/C24H29IN10O2/c1-26-23(37)21-18(10-19(30-31-21)28-22(36)15-2-3-15)27-24-29-20-5-4-17(13-35(20)32-24)33-8-6-14(7-9-33)16-11-34(25)12-16/h4-5,10,13-16H,2-3,6-9,11-12H2,1H3,(H,26,37)(H2,27,28,30,32,36). The maximum Gasteiger partial charge on any atom is 0.273 e. The Bertz CT molecular complexity index is 1330. The number of nitrogens with one attached hydrogen (secondary N) is 3. The Morgan fingerprint density at radius 2 is 1.84 bits per heavy atom. The molecule has 0 bridgehead atoms. The van der Waals surface area contributed by atoms with Crippen LogP contribution in [0.25, 0.3) is 5.65 Å². The molecule has 0 unspecified atom stereocenters. The summed E-state index contributed by atoms with van der Waals surface area (Å²) in [6.07, 6.45) is 6.19. The molecule has 194 valence electrons. The van der Waals surface area contributed by atoms with E-state index >= 15 is 0 Å². The van der Waals surface area contributed by atoms with Crippen LogP contribution < -0.4 is 20.9 Å². The Balaban J connectivity index is 1.18. The number of rotatable bonds is 7. The SMILES string of the molecule is CNC(=O)c1nnc(NC(=O)C2CC2)cc1Nc1nc2ccc(N3CCC(C4CN(I)C4)CC3)cn2n1. The fourth-order valence-electron chi connectivity index (χ4n) is 5.02. The average molecular weight is 616 g/mol. The zero-order valence-corrected chi connectivity index (χ0v) is 22.7. The molecule has 0 spiro atoms. The number of fused-ring (bicyclic) bond motifs is 1. The molecule has 2 aliphatic heterocycles. The lowest BCUT2D eigenvalue weighted by Crippen LogP contribution is -2.47. The number of nitrogens with zero attached hydrogens (tertiary/aromatic N) is 7. The lowest BCUT2D eigenvalue weighted by molar-refractivity contribution is -0.117. The highest BCUT2D eigenvalue weighted by atomic mass is 127. The Kier molecular flexibility index (Phi) is 6.56. The third-order valence-electron chi connectivity index (χ3n) is 7.43. The topological polar surface area (TPSA) is 133 Å². The zero-order chi connectivity index (χ0) is 25.5.